The van der Waals surface area contributed by atoms with E-state index in [9.17, 15) is 14.9 Å². The number of nitro benzene ring substituents is 1. The summed E-state index contributed by atoms with van der Waals surface area (Å²) in [6.07, 6.45) is 1.30. The summed E-state index contributed by atoms with van der Waals surface area (Å²) in [4.78, 5) is 23.9. The van der Waals surface area contributed by atoms with E-state index in [2.05, 4.69) is 5.10 Å². The van der Waals surface area contributed by atoms with Crippen molar-refractivity contribution in [3.05, 3.63) is 63.7 Å². The van der Waals surface area contributed by atoms with Gasteiger partial charge in [-0.25, -0.2) is 0 Å². The standard InChI is InChI=1S/C21H21N3O5/c1-13(2)29-20-18(24(26)27)11-15(12-19(20)28-4)10-17-14(3)22-23(21(17)25)16-8-6-5-7-9-16/h5-13H,1-4H3/b17-10+. The predicted octanol–water partition coefficient (Wildman–Crippen LogP) is 4.20. The molecule has 1 amide bonds. The lowest BCUT2D eigenvalue weighted by molar-refractivity contribution is -0.386. The second kappa shape index (κ2) is 8.14. The molecule has 0 saturated heterocycles. The Bertz CT molecular complexity index is 1010. The second-order valence-corrected chi connectivity index (χ2v) is 6.69. The van der Waals surface area contributed by atoms with Gasteiger partial charge in [0.2, 0.25) is 5.75 Å². The first kappa shape index (κ1) is 20.1. The number of hydrogen-bond acceptors (Lipinski definition) is 6. The van der Waals surface area contributed by atoms with Crippen LogP contribution in [0.1, 0.15) is 26.3 Å². The number of amides is 1. The number of ether oxygens (including phenoxy) is 2. The summed E-state index contributed by atoms with van der Waals surface area (Å²) in [6.45, 7) is 5.26. The van der Waals surface area contributed by atoms with Gasteiger partial charge in [-0.3, -0.25) is 14.9 Å². The van der Waals surface area contributed by atoms with Crippen LogP contribution in [0.5, 0.6) is 11.5 Å². The number of anilines is 1. The Morgan fingerprint density at radius 3 is 2.48 bits per heavy atom. The van der Waals surface area contributed by atoms with Gasteiger partial charge >= 0.3 is 5.69 Å². The molecule has 1 aliphatic rings. The van der Waals surface area contributed by atoms with E-state index in [0.717, 1.165) is 0 Å². The molecule has 0 unspecified atom stereocenters. The van der Waals surface area contributed by atoms with Gasteiger partial charge in [0.1, 0.15) is 0 Å². The molecule has 0 atom stereocenters. The smallest absolute Gasteiger partial charge is 0.315 e. The summed E-state index contributed by atoms with van der Waals surface area (Å²) in [5, 5.41) is 17.2. The molecular weight excluding hydrogens is 374 g/mol. The lowest BCUT2D eigenvalue weighted by Crippen LogP contribution is -2.21. The molecule has 1 aliphatic heterocycles. The minimum atomic E-state index is -0.532. The van der Waals surface area contributed by atoms with E-state index in [1.54, 1.807) is 45.0 Å². The van der Waals surface area contributed by atoms with Crippen LogP contribution in [-0.2, 0) is 4.79 Å². The predicted molar refractivity (Wildman–Crippen MR) is 110 cm³/mol. The number of rotatable bonds is 6. The Morgan fingerprint density at radius 2 is 1.90 bits per heavy atom. The van der Waals surface area contributed by atoms with Gasteiger partial charge < -0.3 is 9.47 Å². The SMILES string of the molecule is COc1cc(/C=C2/C(=O)N(c3ccccc3)N=C2C)cc([N+](=O)[O-])c1OC(C)C. The van der Waals surface area contributed by atoms with Crippen LogP contribution in [0.15, 0.2) is 53.1 Å². The number of para-hydroxylation sites is 1. The summed E-state index contributed by atoms with van der Waals surface area (Å²) in [7, 11) is 1.41. The van der Waals surface area contributed by atoms with E-state index in [1.165, 1.54) is 18.2 Å². The van der Waals surface area contributed by atoms with Crippen LogP contribution in [0.3, 0.4) is 0 Å². The Kier molecular flexibility index (Phi) is 5.63. The first-order valence-electron chi connectivity index (χ1n) is 9.01. The maximum Gasteiger partial charge on any atom is 0.315 e. The maximum absolute atomic E-state index is 12.9. The first-order valence-corrected chi connectivity index (χ1v) is 9.01. The third-order valence-electron chi connectivity index (χ3n) is 4.20. The molecule has 2 aromatic rings. The number of hydrogen-bond donors (Lipinski definition) is 0. The summed E-state index contributed by atoms with van der Waals surface area (Å²) < 4.78 is 10.9. The minimum Gasteiger partial charge on any atom is -0.493 e. The van der Waals surface area contributed by atoms with Crippen molar-refractivity contribution in [3.63, 3.8) is 0 Å². The molecule has 0 fully saturated rings. The Morgan fingerprint density at radius 1 is 1.21 bits per heavy atom. The van der Waals surface area contributed by atoms with Crippen LogP contribution in [0.2, 0.25) is 0 Å². The number of carbonyl (C=O) groups is 1. The van der Waals surface area contributed by atoms with Crippen molar-refractivity contribution in [3.8, 4) is 11.5 Å². The quantitative estimate of drug-likeness (QED) is 0.415. The molecule has 0 bridgehead atoms. The summed E-state index contributed by atoms with van der Waals surface area (Å²) >= 11 is 0. The highest BCUT2D eigenvalue weighted by molar-refractivity contribution is 6.32. The highest BCUT2D eigenvalue weighted by Crippen LogP contribution is 2.40. The Balaban J connectivity index is 2.04. The molecule has 8 heteroatoms. The number of nitro groups is 1. The molecule has 29 heavy (non-hydrogen) atoms. The van der Waals surface area contributed by atoms with Gasteiger partial charge in [0, 0.05) is 6.07 Å². The summed E-state index contributed by atoms with van der Waals surface area (Å²) in [5.74, 6) is -0.0266. The first-order chi connectivity index (χ1) is 13.8. The van der Waals surface area contributed by atoms with Crippen molar-refractivity contribution in [2.45, 2.75) is 26.9 Å². The van der Waals surface area contributed by atoms with Crippen LogP contribution in [0.25, 0.3) is 6.08 Å². The average molecular weight is 395 g/mol. The van der Waals surface area contributed by atoms with E-state index in [4.69, 9.17) is 9.47 Å². The zero-order chi connectivity index (χ0) is 21.1. The van der Waals surface area contributed by atoms with Gasteiger partial charge in [0.15, 0.2) is 5.75 Å². The van der Waals surface area contributed by atoms with Crippen molar-refractivity contribution in [2.75, 3.05) is 12.1 Å². The third kappa shape index (κ3) is 4.11. The van der Waals surface area contributed by atoms with E-state index in [1.807, 2.05) is 18.2 Å². The number of hydrazone groups is 1. The van der Waals surface area contributed by atoms with Crippen LogP contribution in [0.4, 0.5) is 11.4 Å². The fourth-order valence-electron chi connectivity index (χ4n) is 2.93. The van der Waals surface area contributed by atoms with Crippen molar-refractivity contribution in [1.29, 1.82) is 0 Å². The van der Waals surface area contributed by atoms with Gasteiger partial charge in [-0.05, 0) is 50.6 Å². The third-order valence-corrected chi connectivity index (χ3v) is 4.20. The second-order valence-electron chi connectivity index (χ2n) is 6.69. The van der Waals surface area contributed by atoms with Crippen LogP contribution >= 0.6 is 0 Å². The van der Waals surface area contributed by atoms with Crippen molar-refractivity contribution < 1.29 is 19.2 Å². The fourth-order valence-corrected chi connectivity index (χ4v) is 2.93. The molecule has 0 N–H and O–H groups in total. The van der Waals surface area contributed by atoms with Gasteiger partial charge in [-0.2, -0.15) is 10.1 Å². The van der Waals surface area contributed by atoms with Crippen molar-refractivity contribution in [1.82, 2.24) is 0 Å². The molecule has 2 aromatic carbocycles. The topological polar surface area (TPSA) is 94.3 Å². The van der Waals surface area contributed by atoms with Crippen molar-refractivity contribution in [2.24, 2.45) is 5.10 Å². The number of methoxy groups -OCH3 is 1. The van der Waals surface area contributed by atoms with E-state index in [-0.39, 0.29) is 29.2 Å². The van der Waals surface area contributed by atoms with Crippen LogP contribution in [0, 0.1) is 10.1 Å². The number of carbonyl (C=O) groups excluding carboxylic acids is 1. The molecule has 8 nitrogen and oxygen atoms in total. The zero-order valence-electron chi connectivity index (χ0n) is 16.6. The van der Waals surface area contributed by atoms with Gasteiger partial charge in [0.25, 0.3) is 5.91 Å². The van der Waals surface area contributed by atoms with Gasteiger partial charge in [-0.1, -0.05) is 18.2 Å². The van der Waals surface area contributed by atoms with E-state index >= 15 is 0 Å². The molecule has 0 spiro atoms. The average Bonchev–Trinajstić information content (AvgIpc) is 2.97. The lowest BCUT2D eigenvalue weighted by Gasteiger charge is -2.14. The molecular formula is C21H21N3O5. The Labute approximate surface area is 168 Å². The van der Waals surface area contributed by atoms with E-state index in [0.29, 0.717) is 22.5 Å². The summed E-state index contributed by atoms with van der Waals surface area (Å²) in [6, 6.07) is 12.0. The summed E-state index contributed by atoms with van der Waals surface area (Å²) in [5.41, 5.74) is 1.72. The van der Waals surface area contributed by atoms with Crippen molar-refractivity contribution >= 4 is 29.1 Å². The van der Waals surface area contributed by atoms with E-state index < -0.39 is 4.92 Å². The van der Waals surface area contributed by atoms with Gasteiger partial charge in [-0.15, -0.1) is 0 Å². The fraction of sp³-hybridized carbons (Fsp3) is 0.238. The lowest BCUT2D eigenvalue weighted by atomic mass is 10.1. The molecule has 1 heterocycles. The number of nitrogens with zero attached hydrogens (tertiary/aromatic N) is 3. The molecule has 0 radical (unpaired) electrons. The largest absolute Gasteiger partial charge is 0.493 e. The minimum absolute atomic E-state index is 0.0590. The molecule has 150 valence electrons. The van der Waals surface area contributed by atoms with Crippen LogP contribution < -0.4 is 14.5 Å². The molecule has 0 aromatic heterocycles. The molecule has 0 aliphatic carbocycles. The monoisotopic (exact) mass is 395 g/mol. The molecule has 3 rings (SSSR count). The zero-order valence-corrected chi connectivity index (χ0v) is 16.6. The van der Waals surface area contributed by atoms with Gasteiger partial charge in [0.05, 0.1) is 35.1 Å². The number of benzene rings is 2. The van der Waals surface area contributed by atoms with Crippen LogP contribution in [-0.4, -0.2) is 29.8 Å². The maximum atomic E-state index is 12.9. The highest BCUT2D eigenvalue weighted by atomic mass is 16.6. The Hall–Kier alpha value is -3.68. The normalized spacial score (nSPS) is 15.1. The molecule has 0 saturated carbocycles. The highest BCUT2D eigenvalue weighted by Gasteiger charge is 2.29.